The van der Waals surface area contributed by atoms with Crippen molar-refractivity contribution in [3.05, 3.63) is 24.4 Å². The highest BCUT2D eigenvalue weighted by molar-refractivity contribution is 5.83. The Morgan fingerprint density at radius 1 is 1.32 bits per heavy atom. The summed E-state index contributed by atoms with van der Waals surface area (Å²) in [6, 6.07) is 5.03. The lowest BCUT2D eigenvalue weighted by molar-refractivity contribution is -0.141. The Bertz CT molecular complexity index is 501. The number of amides is 1. The molecule has 0 radical (unpaired) electrons. The van der Waals surface area contributed by atoms with E-state index in [2.05, 4.69) is 20.1 Å². The molecular weight excluding hydrogens is 284 g/mol. The summed E-state index contributed by atoms with van der Waals surface area (Å²) >= 11 is 0. The molecule has 1 atom stereocenters. The molecule has 2 rings (SSSR count). The Hall–Kier alpha value is -2.15. The van der Waals surface area contributed by atoms with Gasteiger partial charge in [-0.2, -0.15) is 0 Å². The van der Waals surface area contributed by atoms with Crippen LogP contribution in [0.25, 0.3) is 0 Å². The number of carboxylic acid groups (broad SMARTS) is 1. The third kappa shape index (κ3) is 4.70. The molecule has 1 amide bonds. The van der Waals surface area contributed by atoms with Crippen molar-refractivity contribution in [2.75, 3.05) is 37.6 Å². The summed E-state index contributed by atoms with van der Waals surface area (Å²) in [5.41, 5.74) is 0. The van der Waals surface area contributed by atoms with Crippen molar-refractivity contribution in [1.29, 1.82) is 0 Å². The summed E-state index contributed by atoms with van der Waals surface area (Å²) in [5, 5.41) is 11.2. The topological polar surface area (TPSA) is 85.8 Å². The average Bonchev–Trinajstić information content (AvgIpc) is 2.54. The predicted molar refractivity (Wildman–Crippen MR) is 82.7 cm³/mol. The van der Waals surface area contributed by atoms with Crippen LogP contribution in [0.3, 0.4) is 0 Å². The van der Waals surface area contributed by atoms with Gasteiger partial charge < -0.3 is 15.3 Å². The van der Waals surface area contributed by atoms with E-state index in [1.54, 1.807) is 6.20 Å². The Balaban J connectivity index is 1.69. The minimum atomic E-state index is -1.02. The van der Waals surface area contributed by atoms with Gasteiger partial charge in [-0.1, -0.05) is 6.07 Å². The van der Waals surface area contributed by atoms with Crippen LogP contribution in [-0.4, -0.2) is 65.6 Å². The molecule has 120 valence electrons. The van der Waals surface area contributed by atoms with Gasteiger partial charge in [-0.15, -0.1) is 0 Å². The fraction of sp³-hybridized carbons (Fsp3) is 0.533. The predicted octanol–water partition coefficient (Wildman–Crippen LogP) is 0.183. The molecule has 7 heteroatoms. The van der Waals surface area contributed by atoms with Gasteiger partial charge in [0.15, 0.2) is 0 Å². The van der Waals surface area contributed by atoms with E-state index >= 15 is 0 Å². The fourth-order valence-electron chi connectivity index (χ4n) is 2.38. The number of rotatable bonds is 6. The lowest BCUT2D eigenvalue weighted by Gasteiger charge is -2.35. The average molecular weight is 306 g/mol. The largest absolute Gasteiger partial charge is 0.480 e. The zero-order chi connectivity index (χ0) is 15.9. The molecule has 7 nitrogen and oxygen atoms in total. The highest BCUT2D eigenvalue weighted by Gasteiger charge is 2.19. The van der Waals surface area contributed by atoms with Crippen molar-refractivity contribution >= 4 is 17.7 Å². The fourth-order valence-corrected chi connectivity index (χ4v) is 2.38. The highest BCUT2D eigenvalue weighted by Crippen LogP contribution is 2.12. The number of carbonyl (C=O) groups excluding carboxylic acids is 1. The van der Waals surface area contributed by atoms with E-state index in [0.717, 1.165) is 32.0 Å². The number of pyridine rings is 1. The standard InChI is InChI=1S/C15H22N4O3/c1-12(15(21)22)17-14(20)5-7-18-8-10-19(11-9-18)13-4-2-3-6-16-13/h2-4,6,12H,5,7-11H2,1H3,(H,17,20)(H,21,22). The van der Waals surface area contributed by atoms with Gasteiger partial charge >= 0.3 is 5.97 Å². The van der Waals surface area contributed by atoms with E-state index in [-0.39, 0.29) is 5.91 Å². The summed E-state index contributed by atoms with van der Waals surface area (Å²) in [6.45, 7) is 5.62. The van der Waals surface area contributed by atoms with Gasteiger partial charge in [-0.25, -0.2) is 4.98 Å². The van der Waals surface area contributed by atoms with E-state index in [9.17, 15) is 9.59 Å². The lowest BCUT2D eigenvalue weighted by atomic mass is 10.2. The molecule has 1 saturated heterocycles. The maximum absolute atomic E-state index is 11.7. The van der Waals surface area contributed by atoms with Gasteiger partial charge in [0, 0.05) is 45.3 Å². The summed E-state index contributed by atoms with van der Waals surface area (Å²) in [6.07, 6.45) is 2.11. The van der Waals surface area contributed by atoms with Gasteiger partial charge in [0.25, 0.3) is 0 Å². The van der Waals surface area contributed by atoms with Gasteiger partial charge in [-0.3, -0.25) is 14.5 Å². The number of anilines is 1. The molecule has 1 aromatic rings. The third-order valence-electron chi connectivity index (χ3n) is 3.75. The number of hydrogen-bond donors (Lipinski definition) is 2. The minimum Gasteiger partial charge on any atom is -0.480 e. The van der Waals surface area contributed by atoms with Crippen LogP contribution in [-0.2, 0) is 9.59 Å². The quantitative estimate of drug-likeness (QED) is 0.780. The maximum Gasteiger partial charge on any atom is 0.325 e. The Kier molecular flexibility index (Phi) is 5.71. The Morgan fingerprint density at radius 3 is 2.64 bits per heavy atom. The molecule has 1 fully saturated rings. The zero-order valence-electron chi connectivity index (χ0n) is 12.7. The van der Waals surface area contributed by atoms with Gasteiger partial charge in [0.05, 0.1) is 0 Å². The first kappa shape index (κ1) is 16.2. The van der Waals surface area contributed by atoms with Crippen LogP contribution in [0.4, 0.5) is 5.82 Å². The zero-order valence-corrected chi connectivity index (χ0v) is 12.7. The van der Waals surface area contributed by atoms with E-state index in [1.807, 2.05) is 18.2 Å². The van der Waals surface area contributed by atoms with Crippen LogP contribution in [0.1, 0.15) is 13.3 Å². The lowest BCUT2D eigenvalue weighted by Crippen LogP contribution is -2.48. The van der Waals surface area contributed by atoms with Crippen molar-refractivity contribution in [3.8, 4) is 0 Å². The second-order valence-corrected chi connectivity index (χ2v) is 5.39. The van der Waals surface area contributed by atoms with Crippen LogP contribution < -0.4 is 10.2 Å². The molecule has 1 unspecified atom stereocenters. The molecule has 1 aliphatic rings. The first-order valence-corrected chi connectivity index (χ1v) is 7.47. The monoisotopic (exact) mass is 306 g/mol. The Labute approximate surface area is 129 Å². The van der Waals surface area contributed by atoms with E-state index < -0.39 is 12.0 Å². The second kappa shape index (κ2) is 7.74. The smallest absolute Gasteiger partial charge is 0.325 e. The minimum absolute atomic E-state index is 0.220. The Morgan fingerprint density at radius 2 is 2.05 bits per heavy atom. The van der Waals surface area contributed by atoms with Crippen LogP contribution in [0.15, 0.2) is 24.4 Å². The molecule has 22 heavy (non-hydrogen) atoms. The summed E-state index contributed by atoms with van der Waals surface area (Å²) in [7, 11) is 0. The molecule has 0 spiro atoms. The second-order valence-electron chi connectivity index (χ2n) is 5.39. The molecule has 0 aliphatic carbocycles. The molecule has 2 heterocycles. The first-order chi connectivity index (χ1) is 10.6. The molecule has 2 N–H and O–H groups in total. The number of hydrogen-bond acceptors (Lipinski definition) is 5. The number of nitrogens with zero attached hydrogens (tertiary/aromatic N) is 3. The molecule has 0 saturated carbocycles. The van der Waals surface area contributed by atoms with Crippen LogP contribution in [0.5, 0.6) is 0 Å². The van der Waals surface area contributed by atoms with Crippen molar-refractivity contribution in [2.24, 2.45) is 0 Å². The van der Waals surface area contributed by atoms with Crippen LogP contribution >= 0.6 is 0 Å². The maximum atomic E-state index is 11.7. The SMILES string of the molecule is CC(NC(=O)CCN1CCN(c2ccccn2)CC1)C(=O)O. The van der Waals surface area contributed by atoms with Crippen molar-refractivity contribution in [2.45, 2.75) is 19.4 Å². The molecule has 0 aromatic carbocycles. The van der Waals surface area contributed by atoms with Crippen LogP contribution in [0.2, 0.25) is 0 Å². The summed E-state index contributed by atoms with van der Waals surface area (Å²) in [4.78, 5) is 31.1. The van der Waals surface area contributed by atoms with Gasteiger partial charge in [-0.05, 0) is 19.1 Å². The third-order valence-corrected chi connectivity index (χ3v) is 3.75. The highest BCUT2D eigenvalue weighted by atomic mass is 16.4. The van der Waals surface area contributed by atoms with E-state index in [4.69, 9.17) is 5.11 Å². The van der Waals surface area contributed by atoms with Crippen molar-refractivity contribution < 1.29 is 14.7 Å². The number of nitrogens with one attached hydrogen (secondary N) is 1. The van der Waals surface area contributed by atoms with E-state index in [1.165, 1.54) is 6.92 Å². The first-order valence-electron chi connectivity index (χ1n) is 7.47. The number of piperazine rings is 1. The van der Waals surface area contributed by atoms with Crippen molar-refractivity contribution in [3.63, 3.8) is 0 Å². The molecule has 1 aromatic heterocycles. The van der Waals surface area contributed by atoms with E-state index in [0.29, 0.717) is 13.0 Å². The van der Waals surface area contributed by atoms with Crippen LogP contribution in [0, 0.1) is 0 Å². The number of carboxylic acids is 1. The molecule has 1 aliphatic heterocycles. The molecular formula is C15H22N4O3. The number of aliphatic carboxylic acids is 1. The summed E-state index contributed by atoms with van der Waals surface area (Å²) < 4.78 is 0. The number of aromatic nitrogens is 1. The molecule has 0 bridgehead atoms. The normalized spacial score (nSPS) is 17.0. The van der Waals surface area contributed by atoms with Crippen molar-refractivity contribution in [1.82, 2.24) is 15.2 Å². The summed E-state index contributed by atoms with van der Waals surface area (Å²) in [5.74, 6) is -0.255. The number of carbonyl (C=O) groups is 2. The van der Waals surface area contributed by atoms with Gasteiger partial charge in [0.1, 0.15) is 11.9 Å². The van der Waals surface area contributed by atoms with Gasteiger partial charge in [0.2, 0.25) is 5.91 Å².